The highest BCUT2D eigenvalue weighted by Crippen LogP contribution is 2.23. The Labute approximate surface area is 141 Å². The van der Waals surface area contributed by atoms with Crippen LogP contribution in [0.2, 0.25) is 0 Å². The van der Waals surface area contributed by atoms with E-state index in [9.17, 15) is 0 Å². The largest absolute Gasteiger partial charge is 0.295 e. The van der Waals surface area contributed by atoms with Crippen LogP contribution >= 0.6 is 11.8 Å². The van der Waals surface area contributed by atoms with Crippen molar-refractivity contribution < 1.29 is 0 Å². The van der Waals surface area contributed by atoms with Gasteiger partial charge in [0.05, 0.1) is 5.69 Å². The van der Waals surface area contributed by atoms with Gasteiger partial charge in [0.2, 0.25) is 0 Å². The highest BCUT2D eigenvalue weighted by molar-refractivity contribution is 7.99. The lowest BCUT2D eigenvalue weighted by Gasteiger charge is -2.10. The zero-order valence-electron chi connectivity index (χ0n) is 13.4. The molecular weight excluding hydrogens is 304 g/mol. The van der Waals surface area contributed by atoms with E-state index in [2.05, 4.69) is 45.8 Å². The molecule has 0 fully saturated rings. The molecule has 4 nitrogen and oxygen atoms in total. The Hall–Kier alpha value is -2.01. The summed E-state index contributed by atoms with van der Waals surface area (Å²) in [5.41, 5.74) is 2.48. The maximum absolute atomic E-state index is 4.50. The average Bonchev–Trinajstić information content (AvgIpc) is 3.23. The third-order valence-corrected chi connectivity index (χ3v) is 4.86. The van der Waals surface area contributed by atoms with Gasteiger partial charge >= 0.3 is 0 Å². The maximum atomic E-state index is 4.50. The van der Waals surface area contributed by atoms with Crippen LogP contribution in [0.3, 0.4) is 0 Å². The quantitative estimate of drug-likeness (QED) is 0.456. The molecule has 2 heterocycles. The lowest BCUT2D eigenvalue weighted by molar-refractivity contribution is 0.554. The van der Waals surface area contributed by atoms with Crippen LogP contribution in [-0.2, 0) is 6.54 Å². The molecule has 3 aromatic rings. The van der Waals surface area contributed by atoms with Gasteiger partial charge in [-0.1, -0.05) is 36.4 Å². The van der Waals surface area contributed by atoms with Crippen LogP contribution in [0.5, 0.6) is 0 Å². The van der Waals surface area contributed by atoms with E-state index in [1.165, 1.54) is 30.5 Å². The van der Waals surface area contributed by atoms with Crippen LogP contribution < -0.4 is 0 Å². The van der Waals surface area contributed by atoms with E-state index in [-0.39, 0.29) is 0 Å². The third kappa shape index (κ3) is 4.26. The lowest BCUT2D eigenvalue weighted by atomic mass is 10.2. The molecule has 0 bridgehead atoms. The Morgan fingerprint density at radius 1 is 1.00 bits per heavy atom. The molecule has 5 heteroatoms. The standard InChI is InChI=1S/C18H22N4S/c1-16-8-3-4-9-17(16)22-14-11-19-18(22)23-15-6-2-5-12-21-13-7-10-20-21/h3-4,7-11,13-14H,2,5-6,12,15H2,1H3. The summed E-state index contributed by atoms with van der Waals surface area (Å²) in [6.07, 6.45) is 11.4. The SMILES string of the molecule is Cc1ccccc1-n1ccnc1SCCCCCn1cccn1. The molecule has 1 aromatic carbocycles. The lowest BCUT2D eigenvalue weighted by Crippen LogP contribution is -1.99. The van der Waals surface area contributed by atoms with Crippen molar-refractivity contribution in [3.05, 3.63) is 60.7 Å². The number of aryl methyl sites for hydroxylation is 2. The number of hydrogen-bond donors (Lipinski definition) is 0. The minimum absolute atomic E-state index is 1.01. The van der Waals surface area contributed by atoms with Gasteiger partial charge in [0.25, 0.3) is 0 Å². The van der Waals surface area contributed by atoms with Crippen LogP contribution in [0.25, 0.3) is 5.69 Å². The molecule has 0 saturated carbocycles. The smallest absolute Gasteiger partial charge is 0.172 e. The predicted molar refractivity (Wildman–Crippen MR) is 95.1 cm³/mol. The van der Waals surface area contributed by atoms with Crippen molar-refractivity contribution in [2.24, 2.45) is 0 Å². The second-order valence-corrected chi connectivity index (χ2v) is 6.61. The van der Waals surface area contributed by atoms with E-state index in [0.717, 1.165) is 17.5 Å². The van der Waals surface area contributed by atoms with Gasteiger partial charge in [-0.25, -0.2) is 4.98 Å². The van der Waals surface area contributed by atoms with E-state index in [1.807, 2.05) is 47.3 Å². The molecule has 0 N–H and O–H groups in total. The van der Waals surface area contributed by atoms with Crippen LogP contribution in [0.1, 0.15) is 24.8 Å². The van der Waals surface area contributed by atoms with Gasteiger partial charge in [-0.2, -0.15) is 5.10 Å². The summed E-state index contributed by atoms with van der Waals surface area (Å²) >= 11 is 1.83. The Bertz CT molecular complexity index is 718. The molecule has 23 heavy (non-hydrogen) atoms. The van der Waals surface area contributed by atoms with Crippen LogP contribution in [0.15, 0.2) is 60.3 Å². The zero-order chi connectivity index (χ0) is 15.9. The minimum Gasteiger partial charge on any atom is -0.295 e. The van der Waals surface area contributed by atoms with Gasteiger partial charge in [-0.3, -0.25) is 9.25 Å². The Morgan fingerprint density at radius 3 is 2.74 bits per heavy atom. The molecule has 120 valence electrons. The average molecular weight is 326 g/mol. The molecule has 3 rings (SSSR count). The molecule has 0 aliphatic carbocycles. The number of rotatable bonds is 8. The summed E-state index contributed by atoms with van der Waals surface area (Å²) in [4.78, 5) is 4.50. The summed E-state index contributed by atoms with van der Waals surface area (Å²) in [6, 6.07) is 10.4. The van der Waals surface area contributed by atoms with Crippen LogP contribution in [0.4, 0.5) is 0 Å². The number of aromatic nitrogens is 4. The number of imidazole rings is 1. The molecule has 0 spiro atoms. The highest BCUT2D eigenvalue weighted by Gasteiger charge is 2.07. The number of nitrogens with zero attached hydrogens (tertiary/aromatic N) is 4. The summed E-state index contributed by atoms with van der Waals surface area (Å²) < 4.78 is 4.18. The number of unbranched alkanes of at least 4 members (excludes halogenated alkanes) is 2. The molecule has 2 aromatic heterocycles. The second kappa shape index (κ2) is 8.02. The van der Waals surface area contributed by atoms with E-state index in [1.54, 1.807) is 0 Å². The van der Waals surface area contributed by atoms with Crippen molar-refractivity contribution in [1.82, 2.24) is 19.3 Å². The molecule has 0 saturated heterocycles. The first kappa shape index (κ1) is 15.9. The summed E-state index contributed by atoms with van der Waals surface area (Å²) in [5.74, 6) is 1.10. The van der Waals surface area contributed by atoms with E-state index >= 15 is 0 Å². The van der Waals surface area contributed by atoms with Crippen LogP contribution in [0, 0.1) is 6.92 Å². The van der Waals surface area contributed by atoms with Gasteiger partial charge in [-0.15, -0.1) is 0 Å². The van der Waals surface area contributed by atoms with Crippen molar-refractivity contribution in [1.29, 1.82) is 0 Å². The zero-order valence-corrected chi connectivity index (χ0v) is 14.2. The van der Waals surface area contributed by atoms with Crippen molar-refractivity contribution in [2.45, 2.75) is 37.9 Å². The first-order chi connectivity index (χ1) is 11.3. The predicted octanol–water partition coefficient (Wildman–Crippen LogP) is 4.34. The second-order valence-electron chi connectivity index (χ2n) is 5.54. The van der Waals surface area contributed by atoms with Gasteiger partial charge in [0.1, 0.15) is 0 Å². The van der Waals surface area contributed by atoms with Gasteiger partial charge < -0.3 is 0 Å². The Morgan fingerprint density at radius 2 is 1.91 bits per heavy atom. The Kier molecular flexibility index (Phi) is 5.53. The fourth-order valence-corrected chi connectivity index (χ4v) is 3.53. The fraction of sp³-hybridized carbons (Fsp3) is 0.333. The third-order valence-electron chi connectivity index (χ3n) is 3.80. The molecule has 0 unspecified atom stereocenters. The molecule has 0 radical (unpaired) electrons. The normalized spacial score (nSPS) is 11.0. The van der Waals surface area contributed by atoms with E-state index < -0.39 is 0 Å². The summed E-state index contributed by atoms with van der Waals surface area (Å²) in [6.45, 7) is 3.15. The van der Waals surface area contributed by atoms with Crippen molar-refractivity contribution in [3.8, 4) is 5.69 Å². The first-order valence-corrected chi connectivity index (χ1v) is 9.03. The monoisotopic (exact) mass is 326 g/mol. The number of thioether (sulfide) groups is 1. The fourth-order valence-electron chi connectivity index (χ4n) is 2.56. The van der Waals surface area contributed by atoms with Crippen molar-refractivity contribution >= 4 is 11.8 Å². The summed E-state index contributed by atoms with van der Waals surface area (Å²) in [7, 11) is 0. The van der Waals surface area contributed by atoms with E-state index in [4.69, 9.17) is 0 Å². The van der Waals surface area contributed by atoms with Crippen LogP contribution in [-0.4, -0.2) is 25.1 Å². The van der Waals surface area contributed by atoms with Crippen molar-refractivity contribution in [2.75, 3.05) is 5.75 Å². The van der Waals surface area contributed by atoms with Gasteiger partial charge in [-0.05, 0) is 37.5 Å². The van der Waals surface area contributed by atoms with E-state index in [0.29, 0.717) is 0 Å². The topological polar surface area (TPSA) is 35.6 Å². The number of benzene rings is 1. The molecule has 0 atom stereocenters. The maximum Gasteiger partial charge on any atom is 0.172 e. The molecule has 0 aliphatic rings. The molecular formula is C18H22N4S. The molecule has 0 aliphatic heterocycles. The number of hydrogen-bond acceptors (Lipinski definition) is 3. The number of para-hydroxylation sites is 1. The Balaban J connectivity index is 1.46. The summed E-state index contributed by atoms with van der Waals surface area (Å²) in [5, 5.41) is 5.30. The van der Waals surface area contributed by atoms with Gasteiger partial charge in [0.15, 0.2) is 5.16 Å². The van der Waals surface area contributed by atoms with Crippen molar-refractivity contribution in [3.63, 3.8) is 0 Å². The minimum atomic E-state index is 1.01. The molecule has 0 amide bonds. The van der Waals surface area contributed by atoms with Gasteiger partial charge in [0, 0.05) is 37.1 Å². The first-order valence-electron chi connectivity index (χ1n) is 8.04. The highest BCUT2D eigenvalue weighted by atomic mass is 32.2.